The molecule has 0 aromatic carbocycles. The van der Waals surface area contributed by atoms with Gasteiger partial charge in [0.05, 0.1) is 0 Å². The maximum absolute atomic E-state index is 8.88. The predicted octanol–water partition coefficient (Wildman–Crippen LogP) is -8.46. The molecule has 0 saturated carbocycles. The van der Waals surface area contributed by atoms with Gasteiger partial charge in [-0.15, -0.1) is 0 Å². The molecule has 0 saturated heterocycles. The summed E-state index contributed by atoms with van der Waals surface area (Å²) in [6.45, 7) is 0. The van der Waals surface area contributed by atoms with Gasteiger partial charge in [0.15, 0.2) is 0 Å². The van der Waals surface area contributed by atoms with Crippen LogP contribution in [0.5, 0.6) is 0 Å². The molecule has 0 aliphatic heterocycles. The van der Waals surface area contributed by atoms with E-state index in [9.17, 15) is 0 Å². The normalized spacial score (nSPS) is 5.62. The van der Waals surface area contributed by atoms with E-state index in [1.165, 1.54) is 0 Å². The largest absolute Gasteiger partial charge is 0.466 e. The van der Waals surface area contributed by atoms with Crippen LogP contribution in [0.25, 0.3) is 0 Å². The molecule has 0 rings (SSSR count). The summed E-state index contributed by atoms with van der Waals surface area (Å²) in [4.78, 5) is 43.1. The second-order valence-corrected chi connectivity index (χ2v) is 3.08. The van der Waals surface area contributed by atoms with E-state index in [4.69, 9.17) is 38.5 Å². The van der Waals surface area contributed by atoms with Crippen molar-refractivity contribution in [2.24, 2.45) is 0 Å². The molecule has 0 atom stereocenters. The van der Waals surface area contributed by atoms with Gasteiger partial charge in [-0.05, 0) is 0 Å². The fraction of sp³-hybridized carbons (Fsp3) is 0. The molecule has 16 nitrogen and oxygen atoms in total. The minimum absolute atomic E-state index is 0. The summed E-state index contributed by atoms with van der Waals surface area (Å²) in [6, 6.07) is 0. The van der Waals surface area contributed by atoms with Crippen molar-refractivity contribution in [3.63, 3.8) is 0 Å². The van der Waals surface area contributed by atoms with Crippen molar-refractivity contribution in [1.82, 2.24) is 0 Å². The molecule has 0 heterocycles. The molecule has 0 aliphatic rings. The van der Waals surface area contributed by atoms with Gasteiger partial charge in [0.1, 0.15) is 0 Å². The monoisotopic (exact) mass is 508 g/mol. The number of hydrogen-bond acceptors (Lipinski definition) is 2. The van der Waals surface area contributed by atoms with Crippen molar-refractivity contribution in [1.29, 1.82) is 0 Å². The Kier molecular flexibility index (Phi) is 273. The summed E-state index contributed by atoms with van der Waals surface area (Å²) in [5.74, 6) is 0. The van der Waals surface area contributed by atoms with Gasteiger partial charge in [-0.3, -0.25) is 0 Å². The molecule has 0 radical (unpaired) electrons. The van der Waals surface area contributed by atoms with E-state index in [0.717, 1.165) is 0 Å². The van der Waals surface area contributed by atoms with Gasteiger partial charge in [-0.1, -0.05) is 0 Å². The Balaban J connectivity index is -0.00000000364. The Morgan fingerprint density at radius 1 is 0.381 bits per heavy atom. The molecule has 0 unspecified atom stereocenters. The Bertz CT molecular complexity index is 134. The molecule has 22 N–H and O–H groups in total. The molecule has 0 aromatic rings. The molecular formula is H22Fe3O16P2. The molecular weight excluding hydrogens is 485 g/mol. The molecule has 21 heavy (non-hydrogen) atoms. The van der Waals surface area contributed by atoms with E-state index in [-0.39, 0.29) is 95.0 Å². The summed E-state index contributed by atoms with van der Waals surface area (Å²) in [5.41, 5.74) is 0. The van der Waals surface area contributed by atoms with Crippen molar-refractivity contribution in [2.75, 3.05) is 0 Å². The third-order valence-corrected chi connectivity index (χ3v) is 0. The van der Waals surface area contributed by atoms with Crippen molar-refractivity contribution in [2.45, 2.75) is 0 Å². The zero-order valence-electron chi connectivity index (χ0n) is 9.45. The number of hydrogen-bond donors (Lipinski definition) is 6. The Hall–Kier alpha value is 1.46. The fourth-order valence-corrected chi connectivity index (χ4v) is 0. The summed E-state index contributed by atoms with van der Waals surface area (Å²) in [7, 11) is -9.28. The van der Waals surface area contributed by atoms with E-state index in [2.05, 4.69) is 0 Å². The maximum Gasteiger partial charge on any atom is 0.466 e. The summed E-state index contributed by atoms with van der Waals surface area (Å²) in [6.07, 6.45) is 0. The Morgan fingerprint density at radius 2 is 0.381 bits per heavy atom. The van der Waals surface area contributed by atoms with Gasteiger partial charge in [0.25, 0.3) is 0 Å². The van der Waals surface area contributed by atoms with Crippen LogP contribution in [0, 0.1) is 0 Å². The Labute approximate surface area is 149 Å². The van der Waals surface area contributed by atoms with E-state index in [1.807, 2.05) is 0 Å². The minimum Gasteiger partial charge on any atom is -0.412 e. The smallest absolute Gasteiger partial charge is 0.412 e. The van der Waals surface area contributed by atoms with Crippen LogP contribution in [0.3, 0.4) is 0 Å². The molecule has 0 aliphatic carbocycles. The van der Waals surface area contributed by atoms with E-state index in [1.54, 1.807) is 0 Å². The van der Waals surface area contributed by atoms with Crippen LogP contribution < -0.4 is 0 Å². The summed E-state index contributed by atoms with van der Waals surface area (Å²) in [5, 5.41) is 0. The zero-order valence-corrected chi connectivity index (χ0v) is 14.6. The van der Waals surface area contributed by atoms with Crippen LogP contribution in [-0.2, 0) is 60.3 Å². The number of phosphoric acid groups is 2. The first-order chi connectivity index (χ1) is 4.00. The van der Waals surface area contributed by atoms with Crippen LogP contribution in [0.4, 0.5) is 0 Å². The van der Waals surface area contributed by atoms with Gasteiger partial charge in [0, 0.05) is 51.2 Å². The molecule has 152 valence electrons. The van der Waals surface area contributed by atoms with Crippen molar-refractivity contribution >= 4 is 15.6 Å². The van der Waals surface area contributed by atoms with Crippen molar-refractivity contribution < 1.29 is 134 Å². The van der Waals surface area contributed by atoms with Gasteiger partial charge >= 0.3 is 15.6 Å². The zero-order chi connectivity index (χ0) is 9.00. The molecule has 0 fully saturated rings. The maximum atomic E-state index is 8.88. The van der Waals surface area contributed by atoms with Crippen molar-refractivity contribution in [3.8, 4) is 0 Å². The van der Waals surface area contributed by atoms with E-state index >= 15 is 0 Å². The second-order valence-electron chi connectivity index (χ2n) is 1.03. The molecule has 0 spiro atoms. The minimum atomic E-state index is -4.64. The average molecular weight is 508 g/mol. The van der Waals surface area contributed by atoms with E-state index < -0.39 is 15.6 Å². The van der Waals surface area contributed by atoms with Gasteiger partial charge in [0.2, 0.25) is 0 Å². The predicted molar refractivity (Wildman–Crippen MR) is 57.4 cm³/mol. The van der Waals surface area contributed by atoms with Crippen LogP contribution in [0.2, 0.25) is 0 Å². The molecule has 0 bridgehead atoms. The summed E-state index contributed by atoms with van der Waals surface area (Å²) >= 11 is 0. The van der Waals surface area contributed by atoms with Gasteiger partial charge in [-0.25, -0.2) is 9.13 Å². The second kappa shape index (κ2) is 49.6. The Morgan fingerprint density at radius 3 is 0.381 bits per heavy atom. The van der Waals surface area contributed by atoms with Gasteiger partial charge < -0.3 is 73.2 Å². The third kappa shape index (κ3) is 3820. The van der Waals surface area contributed by atoms with Gasteiger partial charge in [-0.2, -0.15) is 0 Å². The van der Waals surface area contributed by atoms with Crippen molar-refractivity contribution in [3.05, 3.63) is 0 Å². The van der Waals surface area contributed by atoms with Crippen LogP contribution in [0.15, 0.2) is 0 Å². The molecule has 0 aromatic heterocycles. The number of rotatable bonds is 0. The molecule has 21 heteroatoms. The third-order valence-electron chi connectivity index (χ3n) is 0. The average Bonchev–Trinajstić information content (AvgIpc) is 1.12. The fourth-order valence-electron chi connectivity index (χ4n) is 0. The first-order valence-electron chi connectivity index (χ1n) is 1.57. The topological polar surface area (TPSA) is 408 Å². The van der Waals surface area contributed by atoms with Crippen LogP contribution >= 0.6 is 15.6 Å². The van der Waals surface area contributed by atoms with Crippen LogP contribution in [-0.4, -0.2) is 73.2 Å². The first-order valence-corrected chi connectivity index (χ1v) is 4.70. The SMILES string of the molecule is O.O.O.O.O.O.O.O.O=P(O)(O)O.O=P(O)(O)O.[Fe].[Fe].[Fe]. The first kappa shape index (κ1) is 116. The van der Waals surface area contributed by atoms with Crippen LogP contribution in [0.1, 0.15) is 0 Å². The summed E-state index contributed by atoms with van der Waals surface area (Å²) < 4.78 is 17.8. The standard InChI is InChI=1S/3Fe.2H3O4P.8H2O/c;;;2*1-5(2,3)4;;;;;;;;/h;;;2*(H3,1,2,3,4);8*1H2. The molecule has 0 amide bonds. The van der Waals surface area contributed by atoms with E-state index in [0.29, 0.717) is 0 Å². The quantitative estimate of drug-likeness (QED) is 0.134.